The van der Waals surface area contributed by atoms with E-state index >= 15 is 0 Å². The Hall–Kier alpha value is -0.880. The summed E-state index contributed by atoms with van der Waals surface area (Å²) in [6.45, 7) is 4.14. The van der Waals surface area contributed by atoms with Crippen molar-refractivity contribution in [3.05, 3.63) is 16.4 Å². The van der Waals surface area contributed by atoms with Crippen LogP contribution in [0.2, 0.25) is 0 Å². The molecule has 2 N–H and O–H groups in total. The number of nitrogens with one attached hydrogen (secondary N) is 1. The maximum absolute atomic E-state index is 11.1. The Bertz CT molecular complexity index is 445. The number of aliphatic carboxylic acids is 1. The molecule has 1 aromatic heterocycles. The molecule has 2 unspecified atom stereocenters. The predicted octanol–water partition coefficient (Wildman–Crippen LogP) is 2.49. The summed E-state index contributed by atoms with van der Waals surface area (Å²) in [6, 6.07) is -0.136. The van der Waals surface area contributed by atoms with Gasteiger partial charge in [-0.05, 0) is 49.0 Å². The summed E-state index contributed by atoms with van der Waals surface area (Å²) in [7, 11) is 0. The number of piperidine rings is 1. The van der Waals surface area contributed by atoms with Gasteiger partial charge in [-0.1, -0.05) is 0 Å². The van der Waals surface area contributed by atoms with Crippen molar-refractivity contribution in [1.29, 1.82) is 0 Å². The van der Waals surface area contributed by atoms with Crippen LogP contribution in [-0.4, -0.2) is 26.9 Å². The second-order valence-corrected chi connectivity index (χ2v) is 5.81. The molecule has 18 heavy (non-hydrogen) atoms. The van der Waals surface area contributed by atoms with Crippen LogP contribution in [0, 0.1) is 0 Å². The van der Waals surface area contributed by atoms with Crippen LogP contribution in [0.1, 0.15) is 50.9 Å². The summed E-state index contributed by atoms with van der Waals surface area (Å²) >= 11 is 3.51. The molecule has 6 heteroatoms. The molecular weight excluding hydrogens is 298 g/mol. The molecule has 2 rings (SSSR count). The fraction of sp³-hybridized carbons (Fsp3) is 0.667. The quantitative estimate of drug-likeness (QED) is 0.899. The van der Waals surface area contributed by atoms with E-state index in [0.29, 0.717) is 6.42 Å². The van der Waals surface area contributed by atoms with Crippen LogP contribution in [0.5, 0.6) is 0 Å². The van der Waals surface area contributed by atoms with E-state index < -0.39 is 12.0 Å². The minimum Gasteiger partial charge on any atom is -0.480 e. The van der Waals surface area contributed by atoms with E-state index in [-0.39, 0.29) is 12.1 Å². The molecule has 1 saturated heterocycles. The number of carboxylic acid groups (broad SMARTS) is 1. The third-order valence-corrected chi connectivity index (χ3v) is 3.90. The number of aromatic nitrogens is 2. The lowest BCUT2D eigenvalue weighted by atomic mass is 9.96. The lowest BCUT2D eigenvalue weighted by Crippen LogP contribution is -2.43. The largest absolute Gasteiger partial charge is 0.480 e. The molecule has 2 atom stereocenters. The first-order chi connectivity index (χ1) is 8.50. The molecule has 5 nitrogen and oxygen atoms in total. The van der Waals surface area contributed by atoms with Crippen LogP contribution >= 0.6 is 15.9 Å². The Morgan fingerprint density at radius 3 is 2.94 bits per heavy atom. The van der Waals surface area contributed by atoms with Crippen LogP contribution in [-0.2, 0) is 4.79 Å². The smallest absolute Gasteiger partial charge is 0.320 e. The van der Waals surface area contributed by atoms with Crippen molar-refractivity contribution >= 4 is 21.9 Å². The predicted molar refractivity (Wildman–Crippen MR) is 71.5 cm³/mol. The van der Waals surface area contributed by atoms with E-state index in [4.69, 9.17) is 5.11 Å². The van der Waals surface area contributed by atoms with Crippen LogP contribution in [0.4, 0.5) is 0 Å². The van der Waals surface area contributed by atoms with Crippen LogP contribution < -0.4 is 5.32 Å². The fourth-order valence-corrected chi connectivity index (χ4v) is 2.98. The molecule has 0 bridgehead atoms. The van der Waals surface area contributed by atoms with Crippen LogP contribution in [0.15, 0.2) is 10.7 Å². The van der Waals surface area contributed by atoms with E-state index in [0.717, 1.165) is 23.0 Å². The van der Waals surface area contributed by atoms with Gasteiger partial charge in [0.25, 0.3) is 0 Å². The van der Waals surface area contributed by atoms with Crippen molar-refractivity contribution in [2.24, 2.45) is 0 Å². The van der Waals surface area contributed by atoms with Crippen molar-refractivity contribution in [3.63, 3.8) is 0 Å². The molecule has 2 heterocycles. The van der Waals surface area contributed by atoms with Gasteiger partial charge in [0.15, 0.2) is 0 Å². The van der Waals surface area contributed by atoms with Crippen molar-refractivity contribution in [1.82, 2.24) is 15.1 Å². The van der Waals surface area contributed by atoms with E-state index in [1.807, 2.05) is 4.68 Å². The fourth-order valence-electron chi connectivity index (χ4n) is 2.43. The highest BCUT2D eigenvalue weighted by Gasteiger charge is 2.30. The highest BCUT2D eigenvalue weighted by Crippen LogP contribution is 2.32. The average Bonchev–Trinajstić information content (AvgIpc) is 2.71. The summed E-state index contributed by atoms with van der Waals surface area (Å²) in [5.74, 6) is -0.772. The third-order valence-electron chi connectivity index (χ3n) is 3.29. The Morgan fingerprint density at radius 1 is 1.61 bits per heavy atom. The lowest BCUT2D eigenvalue weighted by molar-refractivity contribution is -0.140. The molecule has 1 aliphatic heterocycles. The number of halogens is 1. The first-order valence-corrected chi connectivity index (χ1v) is 7.01. The maximum atomic E-state index is 11.1. The highest BCUT2D eigenvalue weighted by molar-refractivity contribution is 9.10. The topological polar surface area (TPSA) is 67.2 Å². The molecular formula is C12H18BrN3O2. The first kappa shape index (κ1) is 13.5. The van der Waals surface area contributed by atoms with Gasteiger partial charge in [0, 0.05) is 6.04 Å². The van der Waals surface area contributed by atoms with Gasteiger partial charge in [-0.15, -0.1) is 0 Å². The Labute approximate surface area is 115 Å². The third kappa shape index (κ3) is 2.59. The first-order valence-electron chi connectivity index (χ1n) is 6.22. The zero-order chi connectivity index (χ0) is 13.3. The van der Waals surface area contributed by atoms with E-state index in [1.54, 1.807) is 6.20 Å². The standard InChI is InChI=1S/C12H18BrN3O2/c1-7(2)16-11(8(13)6-14-16)9-4-3-5-10(15-9)12(17)18/h6-7,9-10,15H,3-5H2,1-2H3,(H,17,18). The second-order valence-electron chi connectivity index (χ2n) is 4.96. The minimum atomic E-state index is -0.772. The van der Waals surface area contributed by atoms with Crippen molar-refractivity contribution in [3.8, 4) is 0 Å². The Balaban J connectivity index is 2.25. The average molecular weight is 316 g/mol. The van der Waals surface area contributed by atoms with Gasteiger partial charge < -0.3 is 5.11 Å². The number of nitrogens with zero attached hydrogens (tertiary/aromatic N) is 2. The van der Waals surface area contributed by atoms with E-state index in [1.165, 1.54) is 0 Å². The van der Waals surface area contributed by atoms with Crippen LogP contribution in [0.3, 0.4) is 0 Å². The molecule has 0 aromatic carbocycles. The Morgan fingerprint density at radius 2 is 2.33 bits per heavy atom. The Kier molecular flexibility index (Phi) is 4.07. The summed E-state index contributed by atoms with van der Waals surface area (Å²) in [6.07, 6.45) is 4.34. The van der Waals surface area contributed by atoms with Crippen LogP contribution in [0.25, 0.3) is 0 Å². The van der Waals surface area contributed by atoms with Crippen molar-refractivity contribution < 1.29 is 9.90 Å². The molecule has 1 aromatic rings. The molecule has 0 aliphatic carbocycles. The number of rotatable bonds is 3. The molecule has 0 amide bonds. The molecule has 0 radical (unpaired) electrons. The summed E-state index contributed by atoms with van der Waals surface area (Å²) < 4.78 is 2.89. The molecule has 100 valence electrons. The van der Waals surface area contributed by atoms with E-state index in [9.17, 15) is 4.79 Å². The monoisotopic (exact) mass is 315 g/mol. The van der Waals surface area contributed by atoms with Gasteiger partial charge >= 0.3 is 5.97 Å². The summed E-state index contributed by atoms with van der Waals surface area (Å²) in [5, 5.41) is 16.6. The highest BCUT2D eigenvalue weighted by atomic mass is 79.9. The van der Waals surface area contributed by atoms with E-state index in [2.05, 4.69) is 40.2 Å². The maximum Gasteiger partial charge on any atom is 0.320 e. The van der Waals surface area contributed by atoms with Gasteiger partial charge in [-0.3, -0.25) is 14.8 Å². The van der Waals surface area contributed by atoms with Gasteiger partial charge in [-0.2, -0.15) is 5.10 Å². The SMILES string of the molecule is CC(C)n1ncc(Br)c1C1CCCC(C(=O)O)N1. The zero-order valence-corrected chi connectivity index (χ0v) is 12.1. The summed E-state index contributed by atoms with van der Waals surface area (Å²) in [4.78, 5) is 11.1. The number of carbonyl (C=O) groups is 1. The second kappa shape index (κ2) is 5.40. The molecule has 0 spiro atoms. The minimum absolute atomic E-state index is 0.0547. The van der Waals surface area contributed by atoms with Gasteiger partial charge in [-0.25, -0.2) is 0 Å². The number of hydrogen-bond donors (Lipinski definition) is 2. The summed E-state index contributed by atoms with van der Waals surface area (Å²) in [5.41, 5.74) is 1.05. The van der Waals surface area contributed by atoms with Gasteiger partial charge in [0.05, 0.1) is 22.4 Å². The number of carboxylic acids is 1. The normalized spacial score (nSPS) is 24.4. The molecule has 0 saturated carbocycles. The van der Waals surface area contributed by atoms with Crippen molar-refractivity contribution in [2.45, 2.75) is 51.2 Å². The molecule has 1 aliphatic rings. The lowest BCUT2D eigenvalue weighted by Gasteiger charge is -2.30. The van der Waals surface area contributed by atoms with Gasteiger partial charge in [0.2, 0.25) is 0 Å². The van der Waals surface area contributed by atoms with Gasteiger partial charge in [0.1, 0.15) is 6.04 Å². The van der Waals surface area contributed by atoms with Crippen molar-refractivity contribution in [2.75, 3.05) is 0 Å². The molecule has 1 fully saturated rings. The zero-order valence-electron chi connectivity index (χ0n) is 10.6. The number of hydrogen-bond acceptors (Lipinski definition) is 3.